The van der Waals surface area contributed by atoms with Crippen LogP contribution in [0.15, 0.2) is 72.8 Å². The number of ether oxygens (including phenoxy) is 2. The van der Waals surface area contributed by atoms with E-state index < -0.39 is 17.7 Å². The van der Waals surface area contributed by atoms with Gasteiger partial charge in [0.2, 0.25) is 0 Å². The standard InChI is InChI=1S/C25H21F3O4/c1-31-22-9-3-8-21(19-7-2-5-18(15-19)16-23(29)30)24(22)32-14-4-6-17-10-12-20(13-11-17)25(26,27)28/h2-13,15H,14,16H2,1H3,(H,29,30). The number of carboxylic acids is 1. The van der Waals surface area contributed by atoms with Gasteiger partial charge in [-0.3, -0.25) is 4.79 Å². The van der Waals surface area contributed by atoms with Crippen molar-refractivity contribution in [1.82, 2.24) is 0 Å². The maximum absolute atomic E-state index is 12.7. The summed E-state index contributed by atoms with van der Waals surface area (Å²) >= 11 is 0. The highest BCUT2D eigenvalue weighted by Crippen LogP contribution is 2.38. The van der Waals surface area contributed by atoms with E-state index in [2.05, 4.69) is 0 Å². The van der Waals surface area contributed by atoms with Gasteiger partial charge in [-0.1, -0.05) is 54.6 Å². The van der Waals surface area contributed by atoms with Crippen LogP contribution in [0.4, 0.5) is 13.2 Å². The minimum Gasteiger partial charge on any atom is -0.493 e. The van der Waals surface area contributed by atoms with Gasteiger partial charge in [-0.2, -0.15) is 13.2 Å². The second-order valence-electron chi connectivity index (χ2n) is 6.94. The molecule has 0 aliphatic carbocycles. The van der Waals surface area contributed by atoms with Crippen LogP contribution in [0, 0.1) is 0 Å². The van der Waals surface area contributed by atoms with E-state index in [4.69, 9.17) is 14.6 Å². The molecule has 3 aromatic carbocycles. The fourth-order valence-electron chi connectivity index (χ4n) is 3.18. The molecule has 0 aromatic heterocycles. The van der Waals surface area contributed by atoms with Crippen molar-refractivity contribution in [3.8, 4) is 22.6 Å². The zero-order chi connectivity index (χ0) is 23.1. The molecule has 0 spiro atoms. The van der Waals surface area contributed by atoms with E-state index in [1.807, 2.05) is 18.2 Å². The molecule has 0 radical (unpaired) electrons. The number of benzene rings is 3. The maximum atomic E-state index is 12.7. The topological polar surface area (TPSA) is 55.8 Å². The number of carbonyl (C=O) groups is 1. The molecule has 0 fully saturated rings. The molecule has 0 heterocycles. The molecule has 0 amide bonds. The summed E-state index contributed by atoms with van der Waals surface area (Å²) in [6.45, 7) is 0.156. The molecule has 0 bridgehead atoms. The van der Waals surface area contributed by atoms with Crippen LogP contribution < -0.4 is 9.47 Å². The third-order valence-corrected chi connectivity index (χ3v) is 4.66. The van der Waals surface area contributed by atoms with E-state index in [1.54, 1.807) is 36.4 Å². The van der Waals surface area contributed by atoms with Gasteiger partial charge in [0.15, 0.2) is 11.5 Å². The van der Waals surface area contributed by atoms with Gasteiger partial charge in [0, 0.05) is 5.56 Å². The van der Waals surface area contributed by atoms with E-state index in [9.17, 15) is 18.0 Å². The number of hydrogen-bond acceptors (Lipinski definition) is 3. The predicted octanol–water partition coefficient (Wildman–Crippen LogP) is 6.10. The lowest BCUT2D eigenvalue weighted by molar-refractivity contribution is -0.138. The van der Waals surface area contributed by atoms with Crippen LogP contribution in [0.5, 0.6) is 11.5 Å². The Bertz CT molecular complexity index is 1100. The molecule has 1 N–H and O–H groups in total. The summed E-state index contributed by atoms with van der Waals surface area (Å²) in [5, 5.41) is 9.05. The molecular weight excluding hydrogens is 421 g/mol. The number of para-hydroxylation sites is 1. The number of halogens is 3. The van der Waals surface area contributed by atoms with Crippen molar-refractivity contribution in [2.45, 2.75) is 12.6 Å². The van der Waals surface area contributed by atoms with E-state index >= 15 is 0 Å². The van der Waals surface area contributed by atoms with Crippen molar-refractivity contribution in [3.63, 3.8) is 0 Å². The van der Waals surface area contributed by atoms with Crippen molar-refractivity contribution >= 4 is 12.0 Å². The minimum absolute atomic E-state index is 0.0934. The van der Waals surface area contributed by atoms with Gasteiger partial charge >= 0.3 is 12.1 Å². The first-order valence-corrected chi connectivity index (χ1v) is 9.72. The number of hydrogen-bond donors (Lipinski definition) is 1. The largest absolute Gasteiger partial charge is 0.493 e. The first-order chi connectivity index (χ1) is 15.3. The quantitative estimate of drug-likeness (QED) is 0.458. The first-order valence-electron chi connectivity index (χ1n) is 9.72. The Hall–Kier alpha value is -3.74. The Morgan fingerprint density at radius 1 is 1.03 bits per heavy atom. The molecule has 0 saturated heterocycles. The van der Waals surface area contributed by atoms with Crippen molar-refractivity contribution in [3.05, 3.63) is 89.5 Å². The van der Waals surface area contributed by atoms with Crippen LogP contribution in [0.3, 0.4) is 0 Å². The smallest absolute Gasteiger partial charge is 0.416 e. The van der Waals surface area contributed by atoms with Gasteiger partial charge < -0.3 is 14.6 Å². The van der Waals surface area contributed by atoms with E-state index in [0.717, 1.165) is 23.3 Å². The van der Waals surface area contributed by atoms with E-state index in [-0.39, 0.29) is 13.0 Å². The summed E-state index contributed by atoms with van der Waals surface area (Å²) in [5.41, 5.74) is 2.09. The molecule has 0 unspecified atom stereocenters. The highest BCUT2D eigenvalue weighted by molar-refractivity contribution is 5.76. The van der Waals surface area contributed by atoms with Crippen molar-refractivity contribution in [2.75, 3.05) is 13.7 Å². The Morgan fingerprint density at radius 2 is 1.75 bits per heavy atom. The van der Waals surface area contributed by atoms with Gasteiger partial charge in [0.1, 0.15) is 6.61 Å². The minimum atomic E-state index is -4.37. The summed E-state index contributed by atoms with van der Waals surface area (Å²) in [5.74, 6) is 0.0753. The summed E-state index contributed by atoms with van der Waals surface area (Å²) in [6.07, 6.45) is -1.10. The molecule has 0 aliphatic rings. The van der Waals surface area contributed by atoms with Crippen LogP contribution in [0.2, 0.25) is 0 Å². The molecule has 7 heteroatoms. The number of alkyl halides is 3. The van der Waals surface area contributed by atoms with Crippen LogP contribution in [-0.4, -0.2) is 24.8 Å². The zero-order valence-electron chi connectivity index (χ0n) is 17.2. The summed E-state index contributed by atoms with van der Waals surface area (Å²) < 4.78 is 49.4. The predicted molar refractivity (Wildman–Crippen MR) is 116 cm³/mol. The Morgan fingerprint density at radius 3 is 2.41 bits per heavy atom. The number of aliphatic carboxylic acids is 1. The van der Waals surface area contributed by atoms with Gasteiger partial charge in [-0.15, -0.1) is 0 Å². The molecule has 3 aromatic rings. The molecule has 166 valence electrons. The number of carboxylic acid groups (broad SMARTS) is 1. The lowest BCUT2D eigenvalue weighted by Gasteiger charge is -2.15. The van der Waals surface area contributed by atoms with Crippen molar-refractivity contribution in [1.29, 1.82) is 0 Å². The van der Waals surface area contributed by atoms with Gasteiger partial charge in [-0.25, -0.2) is 0 Å². The third-order valence-electron chi connectivity index (χ3n) is 4.66. The van der Waals surface area contributed by atoms with Crippen LogP contribution >= 0.6 is 0 Å². The monoisotopic (exact) mass is 442 g/mol. The average molecular weight is 442 g/mol. The van der Waals surface area contributed by atoms with Crippen molar-refractivity contribution < 1.29 is 32.5 Å². The van der Waals surface area contributed by atoms with Crippen molar-refractivity contribution in [2.24, 2.45) is 0 Å². The Kier molecular flexibility index (Phi) is 7.20. The number of rotatable bonds is 8. The van der Waals surface area contributed by atoms with Crippen LogP contribution in [0.25, 0.3) is 17.2 Å². The van der Waals surface area contributed by atoms with Crippen LogP contribution in [0.1, 0.15) is 16.7 Å². The first kappa shape index (κ1) is 22.9. The molecule has 0 saturated carbocycles. The molecule has 3 rings (SSSR count). The Labute approximate surface area is 183 Å². The number of methoxy groups -OCH3 is 1. The zero-order valence-corrected chi connectivity index (χ0v) is 17.2. The summed E-state index contributed by atoms with van der Waals surface area (Å²) in [4.78, 5) is 11.0. The summed E-state index contributed by atoms with van der Waals surface area (Å²) in [6, 6.07) is 17.4. The summed E-state index contributed by atoms with van der Waals surface area (Å²) in [7, 11) is 1.52. The Balaban J connectivity index is 1.78. The van der Waals surface area contributed by atoms with E-state index in [0.29, 0.717) is 22.6 Å². The highest BCUT2D eigenvalue weighted by atomic mass is 19.4. The average Bonchev–Trinajstić information content (AvgIpc) is 2.76. The molecule has 0 aliphatic heterocycles. The third kappa shape index (κ3) is 5.91. The molecule has 0 atom stereocenters. The van der Waals surface area contributed by atoms with E-state index in [1.165, 1.54) is 19.2 Å². The SMILES string of the molecule is COc1cccc(-c2cccc(CC(=O)O)c2)c1OCC=Cc1ccc(C(F)(F)F)cc1. The lowest BCUT2D eigenvalue weighted by atomic mass is 10.0. The normalized spacial score (nSPS) is 11.5. The lowest BCUT2D eigenvalue weighted by Crippen LogP contribution is -2.04. The highest BCUT2D eigenvalue weighted by Gasteiger charge is 2.29. The second kappa shape index (κ2) is 10.0. The maximum Gasteiger partial charge on any atom is 0.416 e. The fraction of sp³-hybridized carbons (Fsp3) is 0.160. The van der Waals surface area contributed by atoms with Crippen LogP contribution in [-0.2, 0) is 17.4 Å². The fourth-order valence-corrected chi connectivity index (χ4v) is 3.18. The van der Waals surface area contributed by atoms with Gasteiger partial charge in [0.25, 0.3) is 0 Å². The van der Waals surface area contributed by atoms with Gasteiger partial charge in [-0.05, 0) is 41.0 Å². The molecule has 4 nitrogen and oxygen atoms in total. The molecule has 32 heavy (non-hydrogen) atoms. The van der Waals surface area contributed by atoms with Gasteiger partial charge in [0.05, 0.1) is 19.1 Å². The molecular formula is C25H21F3O4. The second-order valence-corrected chi connectivity index (χ2v) is 6.94.